The number of carbonyl (C=O) groups excluding carboxylic acids is 1. The van der Waals surface area contributed by atoms with Crippen molar-refractivity contribution in [2.24, 2.45) is 0 Å². The third-order valence-electron chi connectivity index (χ3n) is 5.72. The number of hydrogen-bond acceptors (Lipinski definition) is 7. The Kier molecular flexibility index (Phi) is 8.33. The average Bonchev–Trinajstić information content (AvgIpc) is 3.30. The lowest BCUT2D eigenvalue weighted by atomic mass is 9.99. The minimum absolute atomic E-state index is 0.168. The molecule has 0 atom stereocenters. The maximum atomic E-state index is 11.3. The molecule has 2 aromatic heterocycles. The van der Waals surface area contributed by atoms with E-state index in [1.165, 1.54) is 13.4 Å². The second-order valence-corrected chi connectivity index (χ2v) is 8.26. The molecule has 7 heteroatoms. The monoisotopic (exact) mass is 473 g/mol. The van der Waals surface area contributed by atoms with Crippen LogP contribution in [0.3, 0.4) is 0 Å². The molecule has 0 aliphatic rings. The van der Waals surface area contributed by atoms with E-state index in [0.717, 1.165) is 71.6 Å². The Morgan fingerprint density at radius 1 is 0.971 bits per heavy atom. The molecule has 0 saturated heterocycles. The molecule has 7 nitrogen and oxygen atoms in total. The van der Waals surface area contributed by atoms with Gasteiger partial charge in [-0.25, -0.2) is 9.97 Å². The van der Waals surface area contributed by atoms with E-state index in [-0.39, 0.29) is 5.97 Å². The number of furan rings is 1. The van der Waals surface area contributed by atoms with E-state index in [1.807, 2.05) is 54.6 Å². The molecule has 0 aliphatic heterocycles. The maximum absolute atomic E-state index is 11.3. The first-order chi connectivity index (χ1) is 17.2. The normalized spacial score (nSPS) is 10.9. The summed E-state index contributed by atoms with van der Waals surface area (Å²) in [5.74, 6) is 2.16. The highest BCUT2D eigenvalue weighted by Crippen LogP contribution is 2.42. The molecular formula is C28H31N3O4. The SMILES string of the molecule is CCCOc1ccc(-c2c(-c3ccccc3)oc3ncnc(NCCCCCC(=O)OC)c23)cc1. The van der Waals surface area contributed by atoms with Crippen molar-refractivity contribution in [3.05, 3.63) is 60.9 Å². The van der Waals surface area contributed by atoms with Gasteiger partial charge in [0.05, 0.1) is 19.1 Å². The lowest BCUT2D eigenvalue weighted by molar-refractivity contribution is -0.140. The van der Waals surface area contributed by atoms with Gasteiger partial charge in [0.15, 0.2) is 0 Å². The molecule has 0 spiro atoms. The zero-order chi connectivity index (χ0) is 24.5. The van der Waals surface area contributed by atoms with Gasteiger partial charge in [0.1, 0.15) is 23.7 Å². The molecule has 182 valence electrons. The lowest BCUT2D eigenvalue weighted by Gasteiger charge is -2.10. The molecule has 1 N–H and O–H groups in total. The summed E-state index contributed by atoms with van der Waals surface area (Å²) in [6.07, 6.45) is 5.55. The van der Waals surface area contributed by atoms with Gasteiger partial charge >= 0.3 is 5.97 Å². The van der Waals surface area contributed by atoms with Crippen molar-refractivity contribution in [3.63, 3.8) is 0 Å². The first-order valence-corrected chi connectivity index (χ1v) is 12.1. The second-order valence-electron chi connectivity index (χ2n) is 8.26. The molecule has 4 rings (SSSR count). The Labute approximate surface area is 205 Å². The molecule has 0 fully saturated rings. The zero-order valence-corrected chi connectivity index (χ0v) is 20.3. The van der Waals surface area contributed by atoms with Gasteiger partial charge in [0, 0.05) is 24.1 Å². The molecule has 2 aromatic carbocycles. The van der Waals surface area contributed by atoms with Gasteiger partial charge < -0.3 is 19.2 Å². The number of aromatic nitrogens is 2. The third-order valence-corrected chi connectivity index (χ3v) is 5.72. The van der Waals surface area contributed by atoms with Gasteiger partial charge in [-0.3, -0.25) is 4.79 Å². The number of rotatable bonds is 12. The van der Waals surface area contributed by atoms with Gasteiger partial charge in [-0.1, -0.05) is 55.8 Å². The molecule has 2 heterocycles. The number of nitrogens with one attached hydrogen (secondary N) is 1. The zero-order valence-electron chi connectivity index (χ0n) is 20.3. The number of unbranched alkanes of at least 4 members (excludes halogenated alkanes) is 2. The predicted octanol–water partition coefficient (Wildman–Crippen LogP) is 6.49. The Morgan fingerprint density at radius 3 is 2.51 bits per heavy atom. The van der Waals surface area contributed by atoms with Gasteiger partial charge in [0.2, 0.25) is 5.71 Å². The van der Waals surface area contributed by atoms with Crippen LogP contribution in [0.5, 0.6) is 5.75 Å². The number of ether oxygens (including phenoxy) is 2. The summed E-state index contributed by atoms with van der Waals surface area (Å²) in [6.45, 7) is 3.50. The Bertz CT molecular complexity index is 1240. The highest BCUT2D eigenvalue weighted by molar-refractivity contribution is 6.05. The summed E-state index contributed by atoms with van der Waals surface area (Å²) in [5, 5.41) is 4.30. The van der Waals surface area contributed by atoms with Crippen LogP contribution in [0.1, 0.15) is 39.0 Å². The fourth-order valence-electron chi connectivity index (χ4n) is 3.95. The number of carbonyl (C=O) groups is 1. The van der Waals surface area contributed by atoms with E-state index < -0.39 is 0 Å². The van der Waals surface area contributed by atoms with Crippen molar-refractivity contribution in [1.29, 1.82) is 0 Å². The molecule has 35 heavy (non-hydrogen) atoms. The van der Waals surface area contributed by atoms with E-state index in [0.29, 0.717) is 18.7 Å². The topological polar surface area (TPSA) is 86.5 Å². The molecule has 0 saturated carbocycles. The fraction of sp³-hybridized carbons (Fsp3) is 0.321. The Balaban J connectivity index is 1.64. The summed E-state index contributed by atoms with van der Waals surface area (Å²) in [4.78, 5) is 20.3. The van der Waals surface area contributed by atoms with Crippen molar-refractivity contribution in [1.82, 2.24) is 9.97 Å². The van der Waals surface area contributed by atoms with E-state index >= 15 is 0 Å². The lowest BCUT2D eigenvalue weighted by Crippen LogP contribution is -2.05. The summed E-state index contributed by atoms with van der Waals surface area (Å²) in [7, 11) is 1.42. The second kappa shape index (κ2) is 12.0. The number of methoxy groups -OCH3 is 1. The van der Waals surface area contributed by atoms with Crippen molar-refractivity contribution >= 4 is 22.9 Å². The number of esters is 1. The largest absolute Gasteiger partial charge is 0.494 e. The van der Waals surface area contributed by atoms with Crippen molar-refractivity contribution in [2.45, 2.75) is 39.0 Å². The predicted molar refractivity (Wildman–Crippen MR) is 137 cm³/mol. The number of benzene rings is 2. The number of nitrogens with zero attached hydrogens (tertiary/aromatic N) is 2. The standard InChI is InChI=1S/C28H31N3O4/c1-3-18-34-22-15-13-20(14-16-22)24-25-27(29-17-9-5-8-12-23(32)33-2)30-19-31-28(25)35-26(24)21-10-6-4-7-11-21/h4,6-7,10-11,13-16,19H,3,5,8-9,12,17-18H2,1-2H3,(H,29,30,31). The quantitative estimate of drug-likeness (QED) is 0.186. The van der Waals surface area contributed by atoms with E-state index in [9.17, 15) is 4.79 Å². The van der Waals surface area contributed by atoms with Crippen LogP contribution in [-0.4, -0.2) is 36.2 Å². The van der Waals surface area contributed by atoms with Crippen LogP contribution < -0.4 is 10.1 Å². The third kappa shape index (κ3) is 5.98. The molecule has 0 amide bonds. The van der Waals surface area contributed by atoms with Gasteiger partial charge in [0.25, 0.3) is 0 Å². The fourth-order valence-corrected chi connectivity index (χ4v) is 3.95. The summed E-state index contributed by atoms with van der Waals surface area (Å²) in [5.41, 5.74) is 3.46. The van der Waals surface area contributed by atoms with Crippen molar-refractivity contribution in [3.8, 4) is 28.2 Å². The Hall–Kier alpha value is -3.87. The van der Waals surface area contributed by atoms with E-state index in [4.69, 9.17) is 13.9 Å². The van der Waals surface area contributed by atoms with Gasteiger partial charge in [-0.2, -0.15) is 0 Å². The minimum Gasteiger partial charge on any atom is -0.494 e. The molecule has 0 unspecified atom stereocenters. The molecule has 0 radical (unpaired) electrons. The number of anilines is 1. The van der Waals surface area contributed by atoms with Gasteiger partial charge in [-0.15, -0.1) is 0 Å². The van der Waals surface area contributed by atoms with E-state index in [1.54, 1.807) is 0 Å². The molecule has 0 aliphatic carbocycles. The summed E-state index contributed by atoms with van der Waals surface area (Å²) in [6, 6.07) is 18.1. The van der Waals surface area contributed by atoms with Crippen molar-refractivity contribution < 1.29 is 18.7 Å². The molecular weight excluding hydrogens is 442 g/mol. The van der Waals surface area contributed by atoms with Crippen LogP contribution in [0, 0.1) is 0 Å². The van der Waals surface area contributed by atoms with Crippen LogP contribution >= 0.6 is 0 Å². The highest BCUT2D eigenvalue weighted by Gasteiger charge is 2.22. The molecule has 0 bridgehead atoms. The number of fused-ring (bicyclic) bond motifs is 1. The van der Waals surface area contributed by atoms with Crippen LogP contribution in [0.4, 0.5) is 5.82 Å². The maximum Gasteiger partial charge on any atom is 0.305 e. The van der Waals surface area contributed by atoms with Crippen LogP contribution in [0.25, 0.3) is 33.6 Å². The Morgan fingerprint density at radius 2 is 1.77 bits per heavy atom. The van der Waals surface area contributed by atoms with Gasteiger partial charge in [-0.05, 0) is 37.0 Å². The summed E-state index contributed by atoms with van der Waals surface area (Å²) < 4.78 is 16.8. The minimum atomic E-state index is -0.168. The van der Waals surface area contributed by atoms with Crippen LogP contribution in [-0.2, 0) is 9.53 Å². The van der Waals surface area contributed by atoms with Crippen LogP contribution in [0.2, 0.25) is 0 Å². The van der Waals surface area contributed by atoms with Crippen molar-refractivity contribution in [2.75, 3.05) is 25.6 Å². The molecule has 4 aromatic rings. The van der Waals surface area contributed by atoms with Crippen LogP contribution in [0.15, 0.2) is 65.3 Å². The van der Waals surface area contributed by atoms with E-state index in [2.05, 4.69) is 22.2 Å². The first kappa shape index (κ1) is 24.3. The summed E-state index contributed by atoms with van der Waals surface area (Å²) >= 11 is 0. The highest BCUT2D eigenvalue weighted by atomic mass is 16.5. The smallest absolute Gasteiger partial charge is 0.305 e. The first-order valence-electron chi connectivity index (χ1n) is 12.1. The average molecular weight is 474 g/mol. The number of hydrogen-bond donors (Lipinski definition) is 1.